The van der Waals surface area contributed by atoms with Crippen molar-refractivity contribution in [2.24, 2.45) is 5.92 Å². The lowest BCUT2D eigenvalue weighted by molar-refractivity contribution is 0.332. The first-order chi connectivity index (χ1) is 21.1. The van der Waals surface area contributed by atoms with Gasteiger partial charge in [-0.25, -0.2) is 0 Å². The van der Waals surface area contributed by atoms with Gasteiger partial charge in [0.25, 0.3) is 0 Å². The molecule has 2 atom stereocenters. The fraction of sp³-hybridized carbons (Fsp3) is 0.366. The van der Waals surface area contributed by atoms with Crippen molar-refractivity contribution >= 4 is 16.5 Å². The summed E-state index contributed by atoms with van der Waals surface area (Å²) in [5, 5.41) is 6.41. The third-order valence-electron chi connectivity index (χ3n) is 9.12. The molecule has 0 bridgehead atoms. The summed E-state index contributed by atoms with van der Waals surface area (Å²) < 4.78 is 6.03. The monoisotopic (exact) mass is 571 g/mol. The van der Waals surface area contributed by atoms with Crippen LogP contribution in [0.2, 0.25) is 0 Å². The van der Waals surface area contributed by atoms with Crippen LogP contribution in [0.25, 0.3) is 10.8 Å². The zero-order chi connectivity index (χ0) is 29.9. The number of rotatable bonds is 15. The summed E-state index contributed by atoms with van der Waals surface area (Å²) in [7, 11) is 0. The van der Waals surface area contributed by atoms with E-state index < -0.39 is 0 Å². The highest BCUT2D eigenvalue weighted by atomic mass is 16.5. The molecule has 43 heavy (non-hydrogen) atoms. The van der Waals surface area contributed by atoms with E-state index >= 15 is 0 Å². The molecular weight excluding hydrogens is 522 g/mol. The Morgan fingerprint density at radius 3 is 2.53 bits per heavy atom. The Kier molecular flexibility index (Phi) is 10.8. The van der Waals surface area contributed by atoms with Gasteiger partial charge in [0.05, 0.1) is 0 Å². The van der Waals surface area contributed by atoms with Crippen molar-refractivity contribution in [2.45, 2.75) is 77.6 Å². The number of fused-ring (bicyclic) bond motifs is 1. The molecule has 2 heteroatoms. The molecule has 5 rings (SSSR count). The number of para-hydroxylation sites is 1. The second kappa shape index (κ2) is 15.1. The number of unbranched alkanes of at least 4 members (excludes halogenated alkanes) is 2. The van der Waals surface area contributed by atoms with Gasteiger partial charge in [-0.3, -0.25) is 0 Å². The summed E-state index contributed by atoms with van der Waals surface area (Å²) >= 11 is 0. The highest BCUT2D eigenvalue weighted by Gasteiger charge is 2.31. The Balaban J connectivity index is 1.41. The van der Waals surface area contributed by atoms with E-state index in [-0.39, 0.29) is 5.41 Å². The van der Waals surface area contributed by atoms with E-state index in [9.17, 15) is 0 Å². The van der Waals surface area contributed by atoms with Crippen molar-refractivity contribution in [2.75, 3.05) is 18.5 Å². The first-order valence-electron chi connectivity index (χ1n) is 16.4. The highest BCUT2D eigenvalue weighted by molar-refractivity contribution is 5.91. The molecule has 0 aliphatic heterocycles. The van der Waals surface area contributed by atoms with E-state index in [2.05, 4.69) is 105 Å². The third kappa shape index (κ3) is 8.20. The fourth-order valence-electron chi connectivity index (χ4n) is 6.73. The van der Waals surface area contributed by atoms with Gasteiger partial charge in [-0.1, -0.05) is 123 Å². The Bertz CT molecular complexity index is 1520. The predicted molar refractivity (Wildman–Crippen MR) is 185 cm³/mol. The number of hydrogen-bond donors (Lipinski definition) is 1. The fourth-order valence-corrected chi connectivity index (χ4v) is 6.73. The van der Waals surface area contributed by atoms with Crippen molar-refractivity contribution in [3.63, 3.8) is 0 Å². The summed E-state index contributed by atoms with van der Waals surface area (Å²) in [6.07, 6.45) is 17.2. The minimum Gasteiger partial charge on any atom is -0.492 e. The molecule has 0 fully saturated rings. The smallest absolute Gasteiger partial charge is 0.119 e. The van der Waals surface area contributed by atoms with Gasteiger partial charge in [0.1, 0.15) is 12.4 Å². The molecule has 0 saturated carbocycles. The first kappa shape index (κ1) is 30.7. The van der Waals surface area contributed by atoms with Crippen LogP contribution in [0.3, 0.4) is 0 Å². The number of aryl methyl sites for hydroxylation is 1. The molecule has 0 amide bonds. The van der Waals surface area contributed by atoms with Gasteiger partial charge in [0.15, 0.2) is 0 Å². The minimum atomic E-state index is -0.0952. The van der Waals surface area contributed by atoms with Crippen molar-refractivity contribution in [3.05, 3.63) is 131 Å². The summed E-state index contributed by atoms with van der Waals surface area (Å²) in [6.45, 7) is 8.36. The van der Waals surface area contributed by atoms with E-state index in [1.807, 2.05) is 30.3 Å². The maximum absolute atomic E-state index is 6.03. The predicted octanol–water partition coefficient (Wildman–Crippen LogP) is 11.0. The van der Waals surface area contributed by atoms with Crippen LogP contribution in [0.4, 0.5) is 5.69 Å². The molecule has 4 aromatic rings. The van der Waals surface area contributed by atoms with Gasteiger partial charge in [-0.2, -0.15) is 0 Å². The van der Waals surface area contributed by atoms with Gasteiger partial charge >= 0.3 is 0 Å². The SMILES string of the molecule is CCCCCC1=CCC(/C=C/CC(C)(Cc2ccccc2C)c2c(NCCOc3ccccc3)ccc3ccccc23)C1. The van der Waals surface area contributed by atoms with Crippen LogP contribution < -0.4 is 10.1 Å². The molecule has 0 saturated heterocycles. The van der Waals surface area contributed by atoms with Gasteiger partial charge < -0.3 is 10.1 Å². The lowest BCUT2D eigenvalue weighted by Crippen LogP contribution is -2.27. The van der Waals surface area contributed by atoms with Crippen LogP contribution in [0.1, 0.15) is 75.5 Å². The standard InChI is InChI=1S/C41H49NO/c1-4-5-7-16-33-23-24-34(30-33)17-14-27-41(3,31-36-19-11-10-15-32(36)2)40-38-22-13-12-18-35(38)25-26-39(40)42-28-29-43-37-20-8-6-9-21-37/h6,8-15,17-23,25-26,34,42H,4-5,7,16,24,27-31H2,1-3H3/b17-14+. The van der Waals surface area contributed by atoms with Crippen LogP contribution >= 0.6 is 0 Å². The van der Waals surface area contributed by atoms with Crippen molar-refractivity contribution in [1.82, 2.24) is 0 Å². The summed E-state index contributed by atoms with van der Waals surface area (Å²) in [5.41, 5.74) is 6.97. The van der Waals surface area contributed by atoms with Crippen molar-refractivity contribution in [3.8, 4) is 5.75 Å². The average molecular weight is 572 g/mol. The largest absolute Gasteiger partial charge is 0.492 e. The van der Waals surface area contributed by atoms with E-state index in [0.717, 1.165) is 25.1 Å². The maximum Gasteiger partial charge on any atom is 0.119 e. The van der Waals surface area contributed by atoms with Crippen LogP contribution in [0.5, 0.6) is 5.75 Å². The van der Waals surface area contributed by atoms with E-state index in [1.54, 1.807) is 5.57 Å². The summed E-state index contributed by atoms with van der Waals surface area (Å²) in [4.78, 5) is 0. The maximum atomic E-state index is 6.03. The molecule has 2 unspecified atom stereocenters. The number of allylic oxidation sites excluding steroid dienone is 4. The number of anilines is 1. The third-order valence-corrected chi connectivity index (χ3v) is 9.12. The average Bonchev–Trinajstić information content (AvgIpc) is 3.48. The molecule has 0 aromatic heterocycles. The van der Waals surface area contributed by atoms with Gasteiger partial charge in [-0.15, -0.1) is 0 Å². The Morgan fingerprint density at radius 2 is 1.70 bits per heavy atom. The normalized spacial score (nSPS) is 16.3. The van der Waals surface area contributed by atoms with Gasteiger partial charge in [-0.05, 0) is 97.0 Å². The van der Waals surface area contributed by atoms with Gasteiger partial charge in [0.2, 0.25) is 0 Å². The number of hydrogen-bond acceptors (Lipinski definition) is 2. The molecule has 224 valence electrons. The molecule has 4 aromatic carbocycles. The van der Waals surface area contributed by atoms with E-state index in [0.29, 0.717) is 12.5 Å². The van der Waals surface area contributed by atoms with E-state index in [4.69, 9.17) is 4.74 Å². The number of nitrogens with one attached hydrogen (secondary N) is 1. The van der Waals surface area contributed by atoms with Crippen molar-refractivity contribution < 1.29 is 4.74 Å². The lowest BCUT2D eigenvalue weighted by Gasteiger charge is -2.34. The lowest BCUT2D eigenvalue weighted by atomic mass is 9.71. The second-order valence-corrected chi connectivity index (χ2v) is 12.6. The quantitative estimate of drug-likeness (QED) is 0.113. The number of benzene rings is 4. The zero-order valence-corrected chi connectivity index (χ0v) is 26.4. The highest BCUT2D eigenvalue weighted by Crippen LogP contribution is 2.42. The molecule has 1 aliphatic rings. The van der Waals surface area contributed by atoms with Crippen LogP contribution in [0, 0.1) is 12.8 Å². The second-order valence-electron chi connectivity index (χ2n) is 12.6. The molecule has 0 spiro atoms. The molecule has 0 heterocycles. The molecule has 0 radical (unpaired) electrons. The van der Waals surface area contributed by atoms with Gasteiger partial charge in [0, 0.05) is 17.6 Å². The Labute approximate surface area is 259 Å². The van der Waals surface area contributed by atoms with Crippen LogP contribution in [0.15, 0.2) is 115 Å². The molecule has 2 nitrogen and oxygen atoms in total. The van der Waals surface area contributed by atoms with Crippen LogP contribution in [-0.4, -0.2) is 13.2 Å². The van der Waals surface area contributed by atoms with E-state index in [1.165, 1.54) is 71.7 Å². The molecular formula is C41H49NO. The minimum absolute atomic E-state index is 0.0952. The topological polar surface area (TPSA) is 21.3 Å². The summed E-state index contributed by atoms with van der Waals surface area (Å²) in [5.74, 6) is 1.55. The summed E-state index contributed by atoms with van der Waals surface area (Å²) in [6, 6.07) is 32.4. The van der Waals surface area contributed by atoms with Crippen LogP contribution in [-0.2, 0) is 11.8 Å². The van der Waals surface area contributed by atoms with Crippen molar-refractivity contribution in [1.29, 1.82) is 0 Å². The molecule has 1 N–H and O–H groups in total. The Hall–Kier alpha value is -3.78. The molecule has 1 aliphatic carbocycles. The number of ether oxygens (including phenoxy) is 1. The first-order valence-corrected chi connectivity index (χ1v) is 16.4. The Morgan fingerprint density at radius 1 is 0.907 bits per heavy atom. The zero-order valence-electron chi connectivity index (χ0n) is 26.4.